The van der Waals surface area contributed by atoms with Crippen molar-refractivity contribution in [2.75, 3.05) is 51.6 Å². The monoisotopic (exact) mass is 611 g/mol. The van der Waals surface area contributed by atoms with Crippen LogP contribution in [-0.4, -0.2) is 80.1 Å². The van der Waals surface area contributed by atoms with E-state index in [2.05, 4.69) is 31.8 Å². The van der Waals surface area contributed by atoms with Gasteiger partial charge in [-0.2, -0.15) is 0 Å². The highest BCUT2D eigenvalue weighted by molar-refractivity contribution is 5.95. The molecule has 0 radical (unpaired) electrons. The zero-order valence-electron chi connectivity index (χ0n) is 26.4. The summed E-state index contributed by atoms with van der Waals surface area (Å²) >= 11 is 0. The van der Waals surface area contributed by atoms with Crippen molar-refractivity contribution in [3.8, 4) is 11.1 Å². The van der Waals surface area contributed by atoms with Crippen molar-refractivity contribution in [2.24, 2.45) is 5.92 Å². The average molecular weight is 612 g/mol. The molecule has 0 saturated carbocycles. The molecular weight excluding hydrogens is 566 g/mol. The summed E-state index contributed by atoms with van der Waals surface area (Å²) in [4.78, 5) is 42.2. The number of aryl methyl sites for hydroxylation is 1. The highest BCUT2D eigenvalue weighted by atomic mass is 16.6. The number of ether oxygens (including phenoxy) is 1. The quantitative estimate of drug-likeness (QED) is 0.296. The number of likely N-dealkylation sites (tertiary alicyclic amines) is 2. The normalized spacial score (nSPS) is 16.6. The van der Waals surface area contributed by atoms with Crippen molar-refractivity contribution in [2.45, 2.75) is 45.3 Å². The number of nitrogens with zero attached hydrogens (tertiary/aromatic N) is 2. The molecule has 3 amide bonds. The van der Waals surface area contributed by atoms with Gasteiger partial charge < -0.3 is 20.3 Å². The first-order valence-electron chi connectivity index (χ1n) is 16.1. The molecule has 0 atom stereocenters. The van der Waals surface area contributed by atoms with Crippen molar-refractivity contribution in [1.29, 1.82) is 0 Å². The molecule has 0 bridgehead atoms. The van der Waals surface area contributed by atoms with Crippen LogP contribution < -0.4 is 16.0 Å². The van der Waals surface area contributed by atoms with Crippen LogP contribution in [0, 0.1) is 12.8 Å². The molecule has 0 aromatic heterocycles. The molecule has 0 aliphatic carbocycles. The number of amides is 3. The molecule has 2 saturated heterocycles. The molecule has 3 N–H and O–H groups in total. The largest absolute Gasteiger partial charge is 0.446 e. The Labute approximate surface area is 266 Å². The number of para-hydroxylation sites is 1. The Morgan fingerprint density at radius 2 is 1.53 bits per heavy atom. The molecule has 0 unspecified atom stereocenters. The van der Waals surface area contributed by atoms with Gasteiger partial charge >= 0.3 is 6.09 Å². The number of carbonyl (C=O) groups excluding carboxylic acids is 3. The fraction of sp³-hybridized carbons (Fsp3) is 0.417. The van der Waals surface area contributed by atoms with Crippen LogP contribution in [0.25, 0.3) is 11.1 Å². The second-order valence-corrected chi connectivity index (χ2v) is 12.1. The number of nitrogens with one attached hydrogen (secondary N) is 3. The third-order valence-corrected chi connectivity index (χ3v) is 8.92. The van der Waals surface area contributed by atoms with Gasteiger partial charge in [-0.3, -0.25) is 19.8 Å². The summed E-state index contributed by atoms with van der Waals surface area (Å²) in [7, 11) is 1.70. The summed E-state index contributed by atoms with van der Waals surface area (Å²) in [6, 6.07) is 23.7. The van der Waals surface area contributed by atoms with Crippen molar-refractivity contribution < 1.29 is 19.1 Å². The fourth-order valence-electron chi connectivity index (χ4n) is 6.32. The molecule has 5 rings (SSSR count). The summed E-state index contributed by atoms with van der Waals surface area (Å²) in [6.45, 7) is 7.53. The molecule has 0 spiro atoms. The van der Waals surface area contributed by atoms with Crippen LogP contribution in [0.2, 0.25) is 0 Å². The summed E-state index contributed by atoms with van der Waals surface area (Å²) in [6.07, 6.45) is 2.70. The lowest BCUT2D eigenvalue weighted by Gasteiger charge is -2.31. The van der Waals surface area contributed by atoms with Crippen molar-refractivity contribution in [1.82, 2.24) is 20.4 Å². The van der Waals surface area contributed by atoms with Gasteiger partial charge in [0.05, 0.1) is 5.69 Å². The zero-order chi connectivity index (χ0) is 31.6. The van der Waals surface area contributed by atoms with Gasteiger partial charge in [0.2, 0.25) is 5.91 Å². The van der Waals surface area contributed by atoms with Crippen LogP contribution in [0.1, 0.15) is 47.2 Å². The number of hydrogen-bond acceptors (Lipinski definition) is 6. The highest BCUT2D eigenvalue weighted by Crippen LogP contribution is 2.28. The van der Waals surface area contributed by atoms with Crippen LogP contribution >= 0.6 is 0 Å². The van der Waals surface area contributed by atoms with Crippen molar-refractivity contribution >= 4 is 23.6 Å². The highest BCUT2D eigenvalue weighted by Gasteiger charge is 2.25. The molecular formula is C36H45N5O4. The molecule has 238 valence electrons. The van der Waals surface area contributed by atoms with E-state index in [-0.39, 0.29) is 23.8 Å². The second-order valence-electron chi connectivity index (χ2n) is 12.1. The Balaban J connectivity index is 1.00. The van der Waals surface area contributed by atoms with E-state index < -0.39 is 6.09 Å². The van der Waals surface area contributed by atoms with E-state index >= 15 is 0 Å². The number of rotatable bonds is 10. The Morgan fingerprint density at radius 3 is 2.24 bits per heavy atom. The average Bonchev–Trinajstić information content (AvgIpc) is 3.06. The van der Waals surface area contributed by atoms with Gasteiger partial charge in [-0.05, 0) is 74.5 Å². The third-order valence-electron chi connectivity index (χ3n) is 8.92. The molecule has 3 aromatic carbocycles. The number of benzene rings is 3. The lowest BCUT2D eigenvalue weighted by molar-refractivity contribution is -0.125. The molecule has 3 aromatic rings. The fourth-order valence-corrected chi connectivity index (χ4v) is 6.32. The third kappa shape index (κ3) is 8.93. The van der Waals surface area contributed by atoms with Crippen molar-refractivity contribution in [3.05, 3.63) is 89.5 Å². The summed E-state index contributed by atoms with van der Waals surface area (Å²) in [5.41, 5.74) is 5.56. The van der Waals surface area contributed by atoms with Gasteiger partial charge in [0.25, 0.3) is 5.91 Å². The Kier molecular flexibility index (Phi) is 11.2. The first-order valence-corrected chi connectivity index (χ1v) is 16.1. The molecule has 2 fully saturated rings. The second kappa shape index (κ2) is 15.7. The van der Waals surface area contributed by atoms with Gasteiger partial charge in [0.1, 0.15) is 6.10 Å². The maximum atomic E-state index is 12.9. The van der Waals surface area contributed by atoms with Crippen molar-refractivity contribution in [3.63, 3.8) is 0 Å². The van der Waals surface area contributed by atoms with E-state index in [1.807, 2.05) is 73.7 Å². The molecule has 2 aliphatic rings. The predicted octanol–water partition coefficient (Wildman–Crippen LogP) is 5.06. The first-order chi connectivity index (χ1) is 21.9. The maximum Gasteiger partial charge on any atom is 0.411 e. The van der Waals surface area contributed by atoms with Gasteiger partial charge in [0.15, 0.2) is 0 Å². The van der Waals surface area contributed by atoms with Gasteiger partial charge in [-0.25, -0.2) is 4.79 Å². The minimum atomic E-state index is -0.434. The zero-order valence-corrected chi connectivity index (χ0v) is 26.4. The Bertz CT molecular complexity index is 1450. The number of hydrogen-bond donors (Lipinski definition) is 3. The van der Waals surface area contributed by atoms with E-state index in [1.54, 1.807) is 7.05 Å². The minimum absolute atomic E-state index is 0.0592. The number of carbonyl (C=O) groups is 3. The summed E-state index contributed by atoms with van der Waals surface area (Å²) in [5.74, 6) is 0.191. The lowest BCUT2D eigenvalue weighted by Crippen LogP contribution is -2.42. The first kappa shape index (κ1) is 32.2. The Morgan fingerprint density at radius 1 is 0.844 bits per heavy atom. The van der Waals surface area contributed by atoms with Gasteiger partial charge in [-0.1, -0.05) is 60.7 Å². The van der Waals surface area contributed by atoms with Crippen LogP contribution in [0.15, 0.2) is 72.8 Å². The number of piperidine rings is 2. The lowest BCUT2D eigenvalue weighted by atomic mass is 9.95. The van der Waals surface area contributed by atoms with Gasteiger partial charge in [0, 0.05) is 56.8 Å². The van der Waals surface area contributed by atoms with Gasteiger partial charge in [-0.15, -0.1) is 0 Å². The minimum Gasteiger partial charge on any atom is -0.446 e. The summed E-state index contributed by atoms with van der Waals surface area (Å²) in [5, 5.41) is 8.76. The molecule has 45 heavy (non-hydrogen) atoms. The summed E-state index contributed by atoms with van der Waals surface area (Å²) < 4.78 is 5.76. The maximum absolute atomic E-state index is 12.9. The van der Waals surface area contributed by atoms with E-state index in [0.29, 0.717) is 12.1 Å². The molecule has 2 aliphatic heterocycles. The van der Waals surface area contributed by atoms with Crippen LogP contribution in [0.5, 0.6) is 0 Å². The Hall–Kier alpha value is -4.21. The topological polar surface area (TPSA) is 103 Å². The van der Waals surface area contributed by atoms with E-state index in [1.165, 1.54) is 5.56 Å². The predicted molar refractivity (Wildman–Crippen MR) is 177 cm³/mol. The van der Waals surface area contributed by atoms with Crippen LogP contribution in [0.3, 0.4) is 0 Å². The van der Waals surface area contributed by atoms with Crippen LogP contribution in [0.4, 0.5) is 10.5 Å². The SMILES string of the molecule is CNC(=O)C1CCN(Cc2ccc(C(=O)NCCN3CCC(OC(=O)Nc4ccccc4-c4ccccc4)CC3)c(C)c2)CC1. The van der Waals surface area contributed by atoms with E-state index in [0.717, 1.165) is 87.3 Å². The number of anilines is 1. The standard InChI is InChI=1S/C36H45N5O4/c1-26-24-27(25-41-19-14-29(15-20-41)34(42)37-2)12-13-31(26)35(43)38-18-23-40-21-16-30(17-22-40)45-36(44)39-33-11-7-6-10-32(33)28-8-4-3-5-9-28/h3-13,24,29-30H,14-23,25H2,1-2H3,(H,37,42)(H,38,43)(H,39,44). The van der Waals surface area contributed by atoms with E-state index in [9.17, 15) is 14.4 Å². The molecule has 2 heterocycles. The molecule has 9 heteroatoms. The van der Waals surface area contributed by atoms with Crippen LogP contribution in [-0.2, 0) is 16.1 Å². The van der Waals surface area contributed by atoms with E-state index in [4.69, 9.17) is 4.74 Å². The molecule has 9 nitrogen and oxygen atoms in total. The smallest absolute Gasteiger partial charge is 0.411 e.